The van der Waals surface area contributed by atoms with Crippen LogP contribution in [0.1, 0.15) is 39.5 Å². The van der Waals surface area contributed by atoms with Crippen LogP contribution in [0.3, 0.4) is 0 Å². The SMILES string of the molecule is CC1(C(C)(NCC2CCCO2)C(=O)O)CC1. The lowest BCUT2D eigenvalue weighted by molar-refractivity contribution is -0.147. The van der Waals surface area contributed by atoms with Gasteiger partial charge in [0.1, 0.15) is 5.54 Å². The maximum Gasteiger partial charge on any atom is 0.324 e. The van der Waals surface area contributed by atoms with Crippen LogP contribution < -0.4 is 5.32 Å². The molecule has 1 aliphatic heterocycles. The van der Waals surface area contributed by atoms with E-state index >= 15 is 0 Å². The predicted molar refractivity (Wildman–Crippen MR) is 60.4 cm³/mol. The molecule has 92 valence electrons. The number of hydrogen-bond acceptors (Lipinski definition) is 3. The van der Waals surface area contributed by atoms with Crippen molar-refractivity contribution in [3.63, 3.8) is 0 Å². The Balaban J connectivity index is 1.95. The van der Waals surface area contributed by atoms with Gasteiger partial charge in [0.25, 0.3) is 0 Å². The fraction of sp³-hybridized carbons (Fsp3) is 0.917. The molecule has 4 nitrogen and oxygen atoms in total. The number of carboxylic acids is 1. The van der Waals surface area contributed by atoms with Gasteiger partial charge in [-0.1, -0.05) is 6.92 Å². The molecule has 2 fully saturated rings. The minimum absolute atomic E-state index is 0.0859. The normalized spacial score (nSPS) is 31.0. The Morgan fingerprint density at radius 2 is 2.31 bits per heavy atom. The lowest BCUT2D eigenvalue weighted by Gasteiger charge is -2.33. The van der Waals surface area contributed by atoms with Crippen molar-refractivity contribution in [2.45, 2.75) is 51.2 Å². The van der Waals surface area contributed by atoms with Gasteiger partial charge in [0.15, 0.2) is 0 Å². The van der Waals surface area contributed by atoms with E-state index in [0.717, 1.165) is 32.3 Å². The van der Waals surface area contributed by atoms with E-state index in [4.69, 9.17) is 4.74 Å². The summed E-state index contributed by atoms with van der Waals surface area (Å²) >= 11 is 0. The van der Waals surface area contributed by atoms with E-state index in [1.807, 2.05) is 6.92 Å². The molecule has 1 saturated heterocycles. The molecule has 2 atom stereocenters. The fourth-order valence-electron chi connectivity index (χ4n) is 2.36. The van der Waals surface area contributed by atoms with Crippen molar-refractivity contribution >= 4 is 5.97 Å². The summed E-state index contributed by atoms with van der Waals surface area (Å²) in [5.41, 5.74) is -0.892. The van der Waals surface area contributed by atoms with Crippen LogP contribution in [0.2, 0.25) is 0 Å². The molecule has 0 radical (unpaired) electrons. The zero-order valence-corrected chi connectivity index (χ0v) is 10.1. The Labute approximate surface area is 96.4 Å². The molecule has 1 aliphatic carbocycles. The topological polar surface area (TPSA) is 58.6 Å². The third-order valence-electron chi connectivity index (χ3n) is 4.34. The van der Waals surface area contributed by atoms with Gasteiger partial charge in [-0.25, -0.2) is 0 Å². The zero-order valence-electron chi connectivity index (χ0n) is 10.1. The number of ether oxygens (including phenoxy) is 1. The van der Waals surface area contributed by atoms with Crippen molar-refractivity contribution in [2.75, 3.05) is 13.2 Å². The number of carboxylic acid groups (broad SMARTS) is 1. The molecule has 0 bridgehead atoms. The molecule has 4 heteroatoms. The van der Waals surface area contributed by atoms with Crippen LogP contribution in [0.25, 0.3) is 0 Å². The summed E-state index contributed by atoms with van der Waals surface area (Å²) < 4.78 is 5.51. The van der Waals surface area contributed by atoms with Gasteiger partial charge in [0.05, 0.1) is 6.10 Å². The van der Waals surface area contributed by atoms with Crippen LogP contribution in [0.5, 0.6) is 0 Å². The summed E-state index contributed by atoms with van der Waals surface area (Å²) in [5, 5.41) is 12.6. The van der Waals surface area contributed by atoms with Gasteiger partial charge in [-0.3, -0.25) is 10.1 Å². The predicted octanol–water partition coefficient (Wildman–Crippen LogP) is 1.40. The van der Waals surface area contributed by atoms with Crippen LogP contribution in [0.15, 0.2) is 0 Å². The third kappa shape index (κ3) is 1.96. The Bertz CT molecular complexity index is 282. The standard InChI is InChI=1S/C12H21NO3/c1-11(5-6-11)12(2,10(14)15)13-8-9-4-3-7-16-9/h9,13H,3-8H2,1-2H3,(H,14,15). The molecular formula is C12H21NO3. The monoisotopic (exact) mass is 227 g/mol. The van der Waals surface area contributed by atoms with Gasteiger partial charge in [-0.05, 0) is 38.0 Å². The second kappa shape index (κ2) is 4.00. The van der Waals surface area contributed by atoms with Crippen LogP contribution in [0.4, 0.5) is 0 Å². The number of hydrogen-bond donors (Lipinski definition) is 2. The molecule has 2 aliphatic rings. The zero-order chi connectivity index (χ0) is 11.8. The second-order valence-electron chi connectivity index (χ2n) is 5.51. The van der Waals surface area contributed by atoms with Crippen molar-refractivity contribution in [3.8, 4) is 0 Å². The maximum absolute atomic E-state index is 11.4. The summed E-state index contributed by atoms with van der Waals surface area (Å²) in [7, 11) is 0. The summed E-state index contributed by atoms with van der Waals surface area (Å²) in [6.07, 6.45) is 4.32. The van der Waals surface area contributed by atoms with E-state index in [9.17, 15) is 9.90 Å². The van der Waals surface area contributed by atoms with Crippen molar-refractivity contribution < 1.29 is 14.6 Å². The van der Waals surface area contributed by atoms with Gasteiger partial charge in [-0.2, -0.15) is 0 Å². The average molecular weight is 227 g/mol. The molecule has 2 rings (SSSR count). The first-order valence-corrected chi connectivity index (χ1v) is 6.08. The van der Waals surface area contributed by atoms with E-state index in [-0.39, 0.29) is 11.5 Å². The highest BCUT2D eigenvalue weighted by Gasteiger charge is 2.57. The highest BCUT2D eigenvalue weighted by Crippen LogP contribution is 2.53. The first-order valence-electron chi connectivity index (χ1n) is 6.08. The van der Waals surface area contributed by atoms with Gasteiger partial charge >= 0.3 is 5.97 Å². The summed E-state index contributed by atoms with van der Waals surface area (Å²) in [4.78, 5) is 11.4. The Hall–Kier alpha value is -0.610. The molecular weight excluding hydrogens is 206 g/mol. The van der Waals surface area contributed by atoms with E-state index in [1.165, 1.54) is 0 Å². The van der Waals surface area contributed by atoms with Gasteiger partial charge in [0.2, 0.25) is 0 Å². The highest BCUT2D eigenvalue weighted by atomic mass is 16.5. The third-order valence-corrected chi connectivity index (χ3v) is 4.34. The number of aliphatic carboxylic acids is 1. The first kappa shape index (κ1) is 11.9. The van der Waals surface area contributed by atoms with E-state index in [2.05, 4.69) is 5.32 Å². The second-order valence-corrected chi connectivity index (χ2v) is 5.51. The smallest absolute Gasteiger partial charge is 0.324 e. The number of rotatable bonds is 5. The molecule has 0 aromatic rings. The Morgan fingerprint density at radius 3 is 2.75 bits per heavy atom. The van der Waals surface area contributed by atoms with Gasteiger partial charge in [0, 0.05) is 13.2 Å². The van der Waals surface area contributed by atoms with Gasteiger partial charge < -0.3 is 9.84 Å². The first-order chi connectivity index (χ1) is 7.48. The van der Waals surface area contributed by atoms with Crippen LogP contribution in [-0.2, 0) is 9.53 Å². The number of carbonyl (C=O) groups is 1. The minimum Gasteiger partial charge on any atom is -0.480 e. The summed E-state index contributed by atoms with van der Waals surface area (Å²) in [6, 6.07) is 0. The molecule has 0 aromatic heterocycles. The molecule has 0 amide bonds. The summed E-state index contributed by atoms with van der Waals surface area (Å²) in [5.74, 6) is -0.745. The molecule has 2 unspecified atom stereocenters. The van der Waals surface area contributed by atoms with E-state index in [0.29, 0.717) is 6.54 Å². The van der Waals surface area contributed by atoms with Crippen molar-refractivity contribution in [1.82, 2.24) is 5.32 Å². The molecule has 2 N–H and O–H groups in total. The lowest BCUT2D eigenvalue weighted by Crippen LogP contribution is -2.57. The maximum atomic E-state index is 11.4. The van der Waals surface area contributed by atoms with Crippen molar-refractivity contribution in [1.29, 1.82) is 0 Å². The van der Waals surface area contributed by atoms with E-state index < -0.39 is 11.5 Å². The molecule has 0 aromatic carbocycles. The quantitative estimate of drug-likeness (QED) is 0.745. The number of nitrogens with one attached hydrogen (secondary N) is 1. The van der Waals surface area contributed by atoms with Crippen molar-refractivity contribution in [2.24, 2.45) is 5.41 Å². The average Bonchev–Trinajstić information content (AvgIpc) is 2.82. The molecule has 0 spiro atoms. The van der Waals surface area contributed by atoms with Crippen LogP contribution in [-0.4, -0.2) is 35.9 Å². The molecule has 1 saturated carbocycles. The lowest BCUT2D eigenvalue weighted by atomic mass is 9.83. The van der Waals surface area contributed by atoms with Crippen molar-refractivity contribution in [3.05, 3.63) is 0 Å². The Morgan fingerprint density at radius 1 is 1.62 bits per heavy atom. The Kier molecular flexibility index (Phi) is 2.97. The van der Waals surface area contributed by atoms with Crippen LogP contribution >= 0.6 is 0 Å². The molecule has 16 heavy (non-hydrogen) atoms. The fourth-order valence-corrected chi connectivity index (χ4v) is 2.36. The largest absolute Gasteiger partial charge is 0.480 e. The van der Waals surface area contributed by atoms with Crippen LogP contribution in [0, 0.1) is 5.41 Å². The highest BCUT2D eigenvalue weighted by molar-refractivity contribution is 5.80. The minimum atomic E-state index is -0.807. The molecule has 1 heterocycles. The van der Waals surface area contributed by atoms with Gasteiger partial charge in [-0.15, -0.1) is 0 Å². The van der Waals surface area contributed by atoms with E-state index in [1.54, 1.807) is 6.92 Å². The summed E-state index contributed by atoms with van der Waals surface area (Å²) in [6.45, 7) is 5.31.